The highest BCUT2D eigenvalue weighted by Crippen LogP contribution is 2.28. The lowest BCUT2D eigenvalue weighted by molar-refractivity contribution is 0.0902. The van der Waals surface area contributed by atoms with E-state index in [4.69, 9.17) is 16.0 Å². The third-order valence-electron chi connectivity index (χ3n) is 3.35. The van der Waals surface area contributed by atoms with E-state index in [2.05, 4.69) is 15.5 Å². The zero-order chi connectivity index (χ0) is 16.2. The number of rotatable bonds is 5. The summed E-state index contributed by atoms with van der Waals surface area (Å²) in [5, 5.41) is 19.8. The zero-order valence-electron chi connectivity index (χ0n) is 12.0. The van der Waals surface area contributed by atoms with Gasteiger partial charge in [-0.3, -0.25) is 9.89 Å². The molecule has 0 aliphatic rings. The van der Waals surface area contributed by atoms with Gasteiger partial charge in [-0.2, -0.15) is 5.10 Å². The molecule has 3 rings (SSSR count). The SMILES string of the molecule is O=C(NCC(O)c1ccco1)c1cn[nH]c1-c1ccccc1Cl. The highest BCUT2D eigenvalue weighted by atomic mass is 35.5. The van der Waals surface area contributed by atoms with Crippen molar-refractivity contribution in [1.29, 1.82) is 0 Å². The van der Waals surface area contributed by atoms with E-state index in [1.54, 1.807) is 24.3 Å². The second-order valence-electron chi connectivity index (χ2n) is 4.88. The van der Waals surface area contributed by atoms with E-state index >= 15 is 0 Å². The Morgan fingerprint density at radius 1 is 1.35 bits per heavy atom. The quantitative estimate of drug-likeness (QED) is 0.670. The molecule has 0 bridgehead atoms. The highest BCUT2D eigenvalue weighted by Gasteiger charge is 2.18. The first kappa shape index (κ1) is 15.3. The summed E-state index contributed by atoms with van der Waals surface area (Å²) in [7, 11) is 0. The molecule has 0 saturated heterocycles. The van der Waals surface area contributed by atoms with E-state index in [1.807, 2.05) is 12.1 Å². The monoisotopic (exact) mass is 331 g/mol. The van der Waals surface area contributed by atoms with Gasteiger partial charge < -0.3 is 14.8 Å². The average molecular weight is 332 g/mol. The van der Waals surface area contributed by atoms with Gasteiger partial charge in [-0.1, -0.05) is 29.8 Å². The first-order chi connectivity index (χ1) is 11.2. The summed E-state index contributed by atoms with van der Waals surface area (Å²) in [6, 6.07) is 10.5. The Bertz CT molecular complexity index is 799. The van der Waals surface area contributed by atoms with Crippen LogP contribution in [0.4, 0.5) is 0 Å². The van der Waals surface area contributed by atoms with Crippen molar-refractivity contribution < 1.29 is 14.3 Å². The van der Waals surface area contributed by atoms with Crippen molar-refractivity contribution in [3.05, 3.63) is 65.2 Å². The van der Waals surface area contributed by atoms with Gasteiger partial charge in [0, 0.05) is 10.6 Å². The van der Waals surface area contributed by atoms with Crippen LogP contribution in [0.25, 0.3) is 11.3 Å². The standard InChI is InChI=1S/C16H14ClN3O3/c17-12-5-2-1-4-10(12)15-11(8-19-20-15)16(22)18-9-13(21)14-6-3-7-23-14/h1-8,13,21H,9H2,(H,18,22)(H,19,20). The average Bonchev–Trinajstić information content (AvgIpc) is 3.24. The minimum Gasteiger partial charge on any atom is -0.467 e. The number of benzene rings is 1. The molecule has 1 unspecified atom stereocenters. The smallest absolute Gasteiger partial charge is 0.255 e. The maximum atomic E-state index is 12.3. The van der Waals surface area contributed by atoms with Gasteiger partial charge in [0.05, 0.1) is 30.3 Å². The number of carbonyl (C=O) groups is 1. The Morgan fingerprint density at radius 2 is 2.17 bits per heavy atom. The Balaban J connectivity index is 1.74. The number of amides is 1. The van der Waals surface area contributed by atoms with E-state index in [9.17, 15) is 9.90 Å². The molecule has 23 heavy (non-hydrogen) atoms. The van der Waals surface area contributed by atoms with Gasteiger partial charge in [0.15, 0.2) is 0 Å². The Hall–Kier alpha value is -2.57. The summed E-state index contributed by atoms with van der Waals surface area (Å²) in [5.41, 5.74) is 1.56. The van der Waals surface area contributed by atoms with Gasteiger partial charge in [0.1, 0.15) is 11.9 Å². The fourth-order valence-corrected chi connectivity index (χ4v) is 2.42. The van der Waals surface area contributed by atoms with Gasteiger partial charge in [-0.05, 0) is 18.2 Å². The van der Waals surface area contributed by atoms with Crippen LogP contribution in [0.2, 0.25) is 5.02 Å². The summed E-state index contributed by atoms with van der Waals surface area (Å²) in [5.74, 6) is 0.0306. The topological polar surface area (TPSA) is 91.2 Å². The number of H-pyrrole nitrogens is 1. The fourth-order valence-electron chi connectivity index (χ4n) is 2.19. The van der Waals surface area contributed by atoms with Crippen molar-refractivity contribution in [2.75, 3.05) is 6.54 Å². The van der Waals surface area contributed by atoms with Crippen LogP contribution in [0.15, 0.2) is 53.3 Å². The number of hydrogen-bond donors (Lipinski definition) is 3. The number of halogens is 1. The number of aliphatic hydroxyl groups is 1. The third kappa shape index (κ3) is 3.28. The molecule has 0 aliphatic carbocycles. The van der Waals surface area contributed by atoms with Crippen molar-refractivity contribution in [2.24, 2.45) is 0 Å². The van der Waals surface area contributed by atoms with Crippen molar-refractivity contribution in [3.8, 4) is 11.3 Å². The van der Waals surface area contributed by atoms with Gasteiger partial charge in [0.2, 0.25) is 0 Å². The Morgan fingerprint density at radius 3 is 2.91 bits per heavy atom. The summed E-state index contributed by atoms with van der Waals surface area (Å²) in [4.78, 5) is 12.3. The molecule has 0 aliphatic heterocycles. The molecule has 0 radical (unpaired) electrons. The minimum absolute atomic E-state index is 0.0273. The number of furan rings is 1. The molecule has 6 nitrogen and oxygen atoms in total. The Kier molecular flexibility index (Phi) is 4.45. The van der Waals surface area contributed by atoms with Crippen LogP contribution >= 0.6 is 11.6 Å². The molecule has 3 aromatic rings. The number of carbonyl (C=O) groups excluding carboxylic acids is 1. The second-order valence-corrected chi connectivity index (χ2v) is 5.29. The first-order valence-corrected chi connectivity index (χ1v) is 7.32. The fraction of sp³-hybridized carbons (Fsp3) is 0.125. The van der Waals surface area contributed by atoms with Crippen LogP contribution in [-0.2, 0) is 0 Å². The molecule has 3 N–H and O–H groups in total. The Labute approximate surface area is 137 Å². The molecule has 1 atom stereocenters. The van der Waals surface area contributed by atoms with E-state index in [1.165, 1.54) is 12.5 Å². The van der Waals surface area contributed by atoms with Gasteiger partial charge in [-0.15, -0.1) is 0 Å². The molecule has 0 spiro atoms. The summed E-state index contributed by atoms with van der Waals surface area (Å²) < 4.78 is 5.09. The van der Waals surface area contributed by atoms with Crippen LogP contribution in [0.1, 0.15) is 22.2 Å². The number of nitrogens with one attached hydrogen (secondary N) is 2. The zero-order valence-corrected chi connectivity index (χ0v) is 12.7. The molecule has 0 fully saturated rings. The third-order valence-corrected chi connectivity index (χ3v) is 3.68. The minimum atomic E-state index is -0.912. The van der Waals surface area contributed by atoms with E-state index < -0.39 is 6.10 Å². The molecule has 2 heterocycles. The normalized spacial score (nSPS) is 12.1. The molecular formula is C16H14ClN3O3. The predicted octanol–water partition coefficient (Wildman–Crippen LogP) is 2.79. The highest BCUT2D eigenvalue weighted by molar-refractivity contribution is 6.33. The molecule has 0 saturated carbocycles. The first-order valence-electron chi connectivity index (χ1n) is 6.94. The van der Waals surface area contributed by atoms with E-state index in [-0.39, 0.29) is 12.5 Å². The van der Waals surface area contributed by atoms with Crippen LogP contribution in [0, 0.1) is 0 Å². The van der Waals surface area contributed by atoms with Crippen molar-refractivity contribution in [2.45, 2.75) is 6.10 Å². The van der Waals surface area contributed by atoms with Gasteiger partial charge in [0.25, 0.3) is 5.91 Å². The van der Waals surface area contributed by atoms with Crippen LogP contribution in [0.3, 0.4) is 0 Å². The number of aliphatic hydroxyl groups excluding tert-OH is 1. The van der Waals surface area contributed by atoms with Crippen LogP contribution in [0.5, 0.6) is 0 Å². The number of aromatic amines is 1. The summed E-state index contributed by atoms with van der Waals surface area (Å²) in [6.45, 7) is 0.0273. The van der Waals surface area contributed by atoms with Gasteiger partial charge >= 0.3 is 0 Å². The largest absolute Gasteiger partial charge is 0.467 e. The van der Waals surface area contributed by atoms with E-state index in [0.717, 1.165) is 0 Å². The summed E-state index contributed by atoms with van der Waals surface area (Å²) in [6.07, 6.45) is 1.98. The molecular weight excluding hydrogens is 318 g/mol. The van der Waals surface area contributed by atoms with Crippen molar-refractivity contribution in [3.63, 3.8) is 0 Å². The van der Waals surface area contributed by atoms with E-state index in [0.29, 0.717) is 27.6 Å². The number of hydrogen-bond acceptors (Lipinski definition) is 4. The van der Waals surface area contributed by atoms with Crippen LogP contribution in [-0.4, -0.2) is 27.8 Å². The molecule has 1 aromatic carbocycles. The van der Waals surface area contributed by atoms with Crippen molar-refractivity contribution >= 4 is 17.5 Å². The second kappa shape index (κ2) is 6.68. The lowest BCUT2D eigenvalue weighted by atomic mass is 10.1. The summed E-state index contributed by atoms with van der Waals surface area (Å²) >= 11 is 6.16. The maximum Gasteiger partial charge on any atom is 0.255 e. The predicted molar refractivity (Wildman–Crippen MR) is 85.0 cm³/mol. The maximum absolute atomic E-state index is 12.3. The molecule has 118 valence electrons. The number of nitrogens with zero attached hydrogens (tertiary/aromatic N) is 1. The molecule has 2 aromatic heterocycles. The van der Waals surface area contributed by atoms with Crippen molar-refractivity contribution in [1.82, 2.24) is 15.5 Å². The molecule has 1 amide bonds. The lowest BCUT2D eigenvalue weighted by Crippen LogP contribution is -2.28. The van der Waals surface area contributed by atoms with Crippen LogP contribution < -0.4 is 5.32 Å². The lowest BCUT2D eigenvalue weighted by Gasteiger charge is -2.10. The molecule has 7 heteroatoms. The number of aromatic nitrogens is 2. The van der Waals surface area contributed by atoms with Gasteiger partial charge in [-0.25, -0.2) is 0 Å².